The lowest BCUT2D eigenvalue weighted by Gasteiger charge is -2.19. The van der Waals surface area contributed by atoms with E-state index in [-0.39, 0.29) is 0 Å². The minimum atomic E-state index is 0.431. The van der Waals surface area contributed by atoms with Gasteiger partial charge in [-0.3, -0.25) is 4.79 Å². The van der Waals surface area contributed by atoms with E-state index in [1.54, 1.807) is 13.0 Å². The first-order valence-corrected chi connectivity index (χ1v) is 16.5. The SMILES string of the molecule is C/C=C/c1ccc(/C(=C(/CC)c2ccc(Cl)cc2Cl)c2ccc(NPI)c(C=N)c2)cc1.CCOC=O. The molecule has 0 aliphatic heterocycles. The van der Waals surface area contributed by atoms with Crippen LogP contribution in [0, 0.1) is 5.41 Å². The molecule has 4 nitrogen and oxygen atoms in total. The van der Waals surface area contributed by atoms with E-state index in [9.17, 15) is 4.79 Å². The van der Waals surface area contributed by atoms with Crippen molar-refractivity contribution in [2.45, 2.75) is 27.2 Å². The van der Waals surface area contributed by atoms with Crippen molar-refractivity contribution in [2.75, 3.05) is 11.7 Å². The molecule has 0 spiro atoms. The van der Waals surface area contributed by atoms with Crippen LogP contribution in [0.4, 0.5) is 5.69 Å². The fourth-order valence-electron chi connectivity index (χ4n) is 3.78. The largest absolute Gasteiger partial charge is 0.468 e. The molecule has 3 aromatic carbocycles. The molecule has 0 radical (unpaired) electrons. The van der Waals surface area contributed by atoms with Crippen LogP contribution in [-0.2, 0) is 9.53 Å². The number of halogens is 3. The highest BCUT2D eigenvalue weighted by atomic mass is 127. The average Bonchev–Trinajstić information content (AvgIpc) is 2.90. The van der Waals surface area contributed by atoms with E-state index in [1.165, 1.54) is 6.21 Å². The highest BCUT2D eigenvalue weighted by Gasteiger charge is 2.16. The summed E-state index contributed by atoms with van der Waals surface area (Å²) in [6, 6.07) is 20.4. The lowest BCUT2D eigenvalue weighted by atomic mass is 9.87. The number of allylic oxidation sites excluding steroid dienone is 2. The highest BCUT2D eigenvalue weighted by Crippen LogP contribution is 2.39. The van der Waals surface area contributed by atoms with Crippen LogP contribution < -0.4 is 5.09 Å². The molecule has 2 N–H and O–H groups in total. The molecule has 3 rings (SSSR count). The highest BCUT2D eigenvalue weighted by molar-refractivity contribution is 14.2. The molecule has 37 heavy (non-hydrogen) atoms. The number of carbonyl (C=O) groups is 1. The summed E-state index contributed by atoms with van der Waals surface area (Å²) in [5.74, 6) is 0. The second-order valence-electron chi connectivity index (χ2n) is 7.67. The quantitative estimate of drug-likeness (QED) is 0.0744. The van der Waals surface area contributed by atoms with Crippen LogP contribution in [0.3, 0.4) is 0 Å². The van der Waals surface area contributed by atoms with Crippen LogP contribution in [0.25, 0.3) is 17.2 Å². The smallest absolute Gasteiger partial charge is 0.293 e. The Morgan fingerprint density at radius 1 is 1.05 bits per heavy atom. The number of carbonyl (C=O) groups excluding carboxylic acids is 1. The topological polar surface area (TPSA) is 62.2 Å². The number of hydrogen-bond acceptors (Lipinski definition) is 4. The minimum absolute atomic E-state index is 0.431. The Balaban J connectivity index is 0.000000877. The number of hydrogen-bond donors (Lipinski definition) is 2. The molecule has 0 bridgehead atoms. The Morgan fingerprint density at radius 3 is 2.27 bits per heavy atom. The fourth-order valence-corrected chi connectivity index (χ4v) is 5.50. The zero-order valence-electron chi connectivity index (χ0n) is 20.9. The lowest BCUT2D eigenvalue weighted by Crippen LogP contribution is -1.98. The first-order chi connectivity index (χ1) is 17.9. The standard InChI is InChI=1S/C26H24Cl2IN2P.C3H6O2/c1-3-5-17-6-8-18(9-7-17)26(19-10-13-25(31-32-29)20(14-19)16-30)22(4-2)23-12-11-21(27)15-24(23)28;1-2-5-3-4/h3,5-16,30-32H,4H2,1-2H3;3H,2H2,1H3/b5-3+,26-22+,30-16?;. The van der Waals surface area contributed by atoms with E-state index < -0.39 is 0 Å². The van der Waals surface area contributed by atoms with Crippen molar-refractivity contribution >= 4 is 87.2 Å². The summed E-state index contributed by atoms with van der Waals surface area (Å²) < 4.78 is 4.15. The van der Waals surface area contributed by atoms with Crippen LogP contribution >= 0.6 is 51.6 Å². The Hall–Kier alpha value is -2.18. The van der Waals surface area contributed by atoms with Gasteiger partial charge in [-0.05, 0) is 100.0 Å². The second kappa shape index (κ2) is 16.6. The van der Waals surface area contributed by atoms with E-state index in [0.29, 0.717) is 29.5 Å². The molecular weight excluding hydrogens is 637 g/mol. The molecule has 3 aromatic rings. The number of nitrogens with one attached hydrogen (secondary N) is 2. The monoisotopic (exact) mass is 666 g/mol. The third kappa shape index (κ3) is 8.96. The molecule has 0 aliphatic carbocycles. The van der Waals surface area contributed by atoms with Crippen molar-refractivity contribution in [3.8, 4) is 0 Å². The predicted octanol–water partition coefficient (Wildman–Crippen LogP) is 9.93. The number of benzene rings is 3. The van der Waals surface area contributed by atoms with Crippen LogP contribution in [0.1, 0.15) is 55.0 Å². The maximum atomic E-state index is 9.18. The average molecular weight is 667 g/mol. The first-order valence-electron chi connectivity index (χ1n) is 11.7. The summed E-state index contributed by atoms with van der Waals surface area (Å²) >= 11 is 15.1. The zero-order valence-corrected chi connectivity index (χ0v) is 25.6. The minimum Gasteiger partial charge on any atom is -0.468 e. The molecule has 1 unspecified atom stereocenters. The van der Waals surface area contributed by atoms with Crippen LogP contribution in [-0.4, -0.2) is 19.3 Å². The van der Waals surface area contributed by atoms with Gasteiger partial charge in [0.2, 0.25) is 0 Å². The Labute approximate surface area is 244 Å². The lowest BCUT2D eigenvalue weighted by molar-refractivity contribution is -0.128. The van der Waals surface area contributed by atoms with Crippen molar-refractivity contribution in [1.82, 2.24) is 0 Å². The first kappa shape index (κ1) is 31.0. The van der Waals surface area contributed by atoms with Crippen LogP contribution in [0.5, 0.6) is 0 Å². The van der Waals surface area contributed by atoms with E-state index >= 15 is 0 Å². The Kier molecular flexibility index (Phi) is 13.9. The molecule has 0 aromatic heterocycles. The summed E-state index contributed by atoms with van der Waals surface area (Å²) in [5, 5.41) is 12.5. The third-order valence-corrected chi connectivity index (χ3v) is 7.10. The summed E-state index contributed by atoms with van der Waals surface area (Å²) in [6.45, 7) is 6.82. The van der Waals surface area contributed by atoms with Crippen molar-refractivity contribution in [2.24, 2.45) is 0 Å². The number of ether oxygens (including phenoxy) is 1. The molecule has 194 valence electrons. The predicted molar refractivity (Wildman–Crippen MR) is 172 cm³/mol. The van der Waals surface area contributed by atoms with Crippen LogP contribution in [0.15, 0.2) is 66.7 Å². The normalized spacial score (nSPS) is 11.6. The third-order valence-electron chi connectivity index (χ3n) is 5.38. The van der Waals surface area contributed by atoms with Crippen molar-refractivity contribution in [3.63, 3.8) is 0 Å². The summed E-state index contributed by atoms with van der Waals surface area (Å²) in [4.78, 5) is 9.18. The molecule has 0 saturated heterocycles. The van der Waals surface area contributed by atoms with Gasteiger partial charge in [0.05, 0.1) is 6.61 Å². The van der Waals surface area contributed by atoms with Gasteiger partial charge in [-0.2, -0.15) is 0 Å². The number of rotatable bonds is 10. The molecule has 1 atom stereocenters. The van der Waals surface area contributed by atoms with E-state index in [2.05, 4.69) is 81.3 Å². The molecule has 0 amide bonds. The summed E-state index contributed by atoms with van der Waals surface area (Å²) in [5.41, 5.74) is 8.34. The maximum Gasteiger partial charge on any atom is 0.293 e. The van der Waals surface area contributed by atoms with Crippen molar-refractivity contribution in [1.29, 1.82) is 5.41 Å². The van der Waals surface area contributed by atoms with Gasteiger partial charge in [-0.25, -0.2) is 0 Å². The maximum absolute atomic E-state index is 9.18. The molecule has 0 heterocycles. The van der Waals surface area contributed by atoms with Gasteiger partial charge < -0.3 is 15.2 Å². The summed E-state index contributed by atoms with van der Waals surface area (Å²) in [6.07, 6.45) is 6.85. The molecule has 0 fully saturated rings. The Bertz CT molecular complexity index is 1260. The molecule has 8 heteroatoms. The van der Waals surface area contributed by atoms with E-state index in [4.69, 9.17) is 28.6 Å². The fraction of sp³-hybridized carbons (Fsp3) is 0.172. The summed E-state index contributed by atoms with van der Waals surface area (Å²) in [7, 11) is 0. The van der Waals surface area contributed by atoms with Crippen molar-refractivity contribution < 1.29 is 9.53 Å². The van der Waals surface area contributed by atoms with E-state index in [0.717, 1.165) is 51.1 Å². The molecule has 0 saturated carbocycles. The van der Waals surface area contributed by atoms with Gasteiger partial charge >= 0.3 is 0 Å². The second-order valence-corrected chi connectivity index (χ2v) is 10.6. The molecular formula is C29H30Cl2IN2O2P. The van der Waals surface area contributed by atoms with Gasteiger partial charge in [-0.15, -0.1) is 0 Å². The van der Waals surface area contributed by atoms with Crippen LogP contribution in [0.2, 0.25) is 10.0 Å². The molecule has 0 aliphatic rings. The van der Waals surface area contributed by atoms with Crippen molar-refractivity contribution in [3.05, 3.63) is 105 Å². The Morgan fingerprint density at radius 2 is 1.76 bits per heavy atom. The van der Waals surface area contributed by atoms with Gasteiger partial charge in [-0.1, -0.05) is 78.7 Å². The van der Waals surface area contributed by atoms with Gasteiger partial charge in [0.15, 0.2) is 0 Å². The zero-order chi connectivity index (χ0) is 27.2. The van der Waals surface area contributed by atoms with Gasteiger partial charge in [0, 0.05) is 33.9 Å². The van der Waals surface area contributed by atoms with Gasteiger partial charge in [0.1, 0.15) is 0 Å². The number of anilines is 1. The van der Waals surface area contributed by atoms with E-state index in [1.807, 2.05) is 31.2 Å². The van der Waals surface area contributed by atoms with Gasteiger partial charge in [0.25, 0.3) is 6.47 Å².